The summed E-state index contributed by atoms with van der Waals surface area (Å²) in [6.07, 6.45) is 1.94. The van der Waals surface area contributed by atoms with Crippen molar-refractivity contribution in [2.24, 2.45) is 11.7 Å². The van der Waals surface area contributed by atoms with Gasteiger partial charge in [0.05, 0.1) is 17.0 Å². The van der Waals surface area contributed by atoms with Crippen molar-refractivity contribution in [1.29, 1.82) is 0 Å². The summed E-state index contributed by atoms with van der Waals surface area (Å²) in [4.78, 5) is 0.243. The topological polar surface area (TPSA) is 81.4 Å². The number of sulfonamides is 1. The molecule has 1 aliphatic carbocycles. The van der Waals surface area contributed by atoms with E-state index < -0.39 is 10.0 Å². The average molecular weight is 361 g/mol. The maximum Gasteiger partial charge on any atom is 0.240 e. The number of hydrogen-bond donors (Lipinski definition) is 2. The first-order valence-corrected chi connectivity index (χ1v) is 8.92. The molecule has 7 heteroatoms. The Balaban J connectivity index is 1.75. The van der Waals surface area contributed by atoms with Gasteiger partial charge in [0.25, 0.3) is 0 Å². The van der Waals surface area contributed by atoms with Crippen molar-refractivity contribution in [1.82, 2.24) is 4.72 Å². The summed E-state index contributed by atoms with van der Waals surface area (Å²) in [6, 6.07) is 6.05. The predicted molar refractivity (Wildman–Crippen MR) is 78.7 cm³/mol. The normalized spacial score (nSPS) is 33.3. The van der Waals surface area contributed by atoms with E-state index in [0.29, 0.717) is 6.61 Å². The molecule has 1 aromatic carbocycles. The Morgan fingerprint density at radius 2 is 2.00 bits per heavy atom. The molecule has 4 atom stereocenters. The van der Waals surface area contributed by atoms with Gasteiger partial charge >= 0.3 is 0 Å². The standard InChI is InChI=1S/C13H17BrN2O3S/c14-8-3-5-9(6-4-8)20(17,18)16-12-11(15)10-2-1-7-19-13(10)12/h3-6,10-13,16H,1-2,7,15H2. The maximum absolute atomic E-state index is 12.3. The van der Waals surface area contributed by atoms with Crippen molar-refractivity contribution in [3.05, 3.63) is 28.7 Å². The average Bonchev–Trinajstić information content (AvgIpc) is 2.45. The minimum absolute atomic E-state index is 0.0797. The number of fused-ring (bicyclic) bond motifs is 1. The Morgan fingerprint density at radius 3 is 2.70 bits per heavy atom. The molecule has 2 aliphatic rings. The first-order chi connectivity index (χ1) is 9.49. The molecule has 0 aromatic heterocycles. The third kappa shape index (κ3) is 2.53. The Morgan fingerprint density at radius 1 is 1.30 bits per heavy atom. The molecule has 1 saturated carbocycles. The molecule has 5 nitrogen and oxygen atoms in total. The molecule has 0 bridgehead atoms. The van der Waals surface area contributed by atoms with E-state index >= 15 is 0 Å². The minimum atomic E-state index is -3.55. The van der Waals surface area contributed by atoms with Gasteiger partial charge in [-0.3, -0.25) is 0 Å². The Kier molecular flexibility index (Phi) is 3.89. The van der Waals surface area contributed by atoms with Gasteiger partial charge in [-0.1, -0.05) is 15.9 Å². The lowest BCUT2D eigenvalue weighted by molar-refractivity contribution is -0.114. The molecule has 3 rings (SSSR count). The summed E-state index contributed by atoms with van der Waals surface area (Å²) in [7, 11) is -3.55. The van der Waals surface area contributed by atoms with Crippen molar-refractivity contribution in [2.75, 3.05) is 6.61 Å². The lowest BCUT2D eigenvalue weighted by Crippen LogP contribution is -2.71. The van der Waals surface area contributed by atoms with Crippen molar-refractivity contribution < 1.29 is 13.2 Å². The highest BCUT2D eigenvalue weighted by atomic mass is 79.9. The van der Waals surface area contributed by atoms with Gasteiger partial charge < -0.3 is 10.5 Å². The second-order valence-electron chi connectivity index (χ2n) is 5.32. The molecule has 110 valence electrons. The fourth-order valence-electron chi connectivity index (χ4n) is 2.95. The van der Waals surface area contributed by atoms with E-state index in [-0.39, 0.29) is 29.0 Å². The van der Waals surface area contributed by atoms with Gasteiger partial charge in [-0.2, -0.15) is 0 Å². The van der Waals surface area contributed by atoms with Gasteiger partial charge in [-0.15, -0.1) is 0 Å². The number of rotatable bonds is 3. The van der Waals surface area contributed by atoms with E-state index in [1.54, 1.807) is 24.3 Å². The number of ether oxygens (including phenoxy) is 1. The van der Waals surface area contributed by atoms with E-state index in [1.807, 2.05) is 0 Å². The van der Waals surface area contributed by atoms with Crippen LogP contribution in [0.4, 0.5) is 0 Å². The first kappa shape index (κ1) is 14.5. The summed E-state index contributed by atoms with van der Waals surface area (Å²) in [5.41, 5.74) is 6.07. The molecule has 1 saturated heterocycles. The van der Waals surface area contributed by atoms with Gasteiger partial charge in [-0.25, -0.2) is 13.1 Å². The molecule has 1 heterocycles. The van der Waals surface area contributed by atoms with Crippen molar-refractivity contribution in [3.8, 4) is 0 Å². The first-order valence-electron chi connectivity index (χ1n) is 6.64. The highest BCUT2D eigenvalue weighted by Crippen LogP contribution is 2.37. The van der Waals surface area contributed by atoms with E-state index in [4.69, 9.17) is 10.5 Å². The summed E-state index contributed by atoms with van der Waals surface area (Å²) in [5.74, 6) is 0.279. The van der Waals surface area contributed by atoms with E-state index in [0.717, 1.165) is 17.3 Å². The van der Waals surface area contributed by atoms with Crippen molar-refractivity contribution in [2.45, 2.75) is 35.9 Å². The zero-order valence-corrected chi connectivity index (χ0v) is 13.2. The lowest BCUT2D eigenvalue weighted by atomic mass is 9.69. The minimum Gasteiger partial charge on any atom is -0.376 e. The van der Waals surface area contributed by atoms with Gasteiger partial charge in [0.15, 0.2) is 0 Å². The maximum atomic E-state index is 12.3. The Labute approximate surface area is 127 Å². The molecule has 1 aliphatic heterocycles. The predicted octanol–water partition coefficient (Wildman–Crippen LogP) is 1.23. The van der Waals surface area contributed by atoms with Crippen LogP contribution in [0.25, 0.3) is 0 Å². The summed E-state index contributed by atoms with van der Waals surface area (Å²) < 4.78 is 33.8. The summed E-state index contributed by atoms with van der Waals surface area (Å²) in [6.45, 7) is 0.685. The zero-order chi connectivity index (χ0) is 14.3. The van der Waals surface area contributed by atoms with Crippen LogP contribution in [-0.2, 0) is 14.8 Å². The second kappa shape index (κ2) is 5.38. The van der Waals surface area contributed by atoms with Crippen LogP contribution in [0.1, 0.15) is 12.8 Å². The number of benzene rings is 1. The largest absolute Gasteiger partial charge is 0.376 e. The molecular weight excluding hydrogens is 344 g/mol. The summed E-state index contributed by atoms with van der Waals surface area (Å²) in [5, 5.41) is 0. The highest BCUT2D eigenvalue weighted by molar-refractivity contribution is 9.10. The lowest BCUT2D eigenvalue weighted by Gasteiger charge is -2.52. The smallest absolute Gasteiger partial charge is 0.240 e. The fraction of sp³-hybridized carbons (Fsp3) is 0.538. The molecule has 0 spiro atoms. The van der Waals surface area contributed by atoms with E-state index in [9.17, 15) is 8.42 Å². The number of halogens is 1. The van der Waals surface area contributed by atoms with Crippen LogP contribution in [0.5, 0.6) is 0 Å². The monoisotopic (exact) mass is 360 g/mol. The van der Waals surface area contributed by atoms with Crippen LogP contribution in [0.15, 0.2) is 33.6 Å². The van der Waals surface area contributed by atoms with Gasteiger partial charge in [0.2, 0.25) is 10.0 Å². The van der Waals surface area contributed by atoms with Gasteiger partial charge in [-0.05, 0) is 37.1 Å². The van der Waals surface area contributed by atoms with Crippen LogP contribution in [-0.4, -0.2) is 33.2 Å². The van der Waals surface area contributed by atoms with E-state index in [2.05, 4.69) is 20.7 Å². The summed E-state index contributed by atoms with van der Waals surface area (Å²) >= 11 is 3.29. The molecule has 4 unspecified atom stereocenters. The van der Waals surface area contributed by atoms with Crippen LogP contribution in [0.2, 0.25) is 0 Å². The number of nitrogens with one attached hydrogen (secondary N) is 1. The van der Waals surface area contributed by atoms with Crippen LogP contribution >= 0.6 is 15.9 Å². The van der Waals surface area contributed by atoms with Crippen molar-refractivity contribution in [3.63, 3.8) is 0 Å². The fourth-order valence-corrected chi connectivity index (χ4v) is 4.50. The molecular formula is C13H17BrN2O3S. The molecule has 1 aromatic rings. The molecule has 0 amide bonds. The third-order valence-corrected chi connectivity index (χ3v) is 6.10. The van der Waals surface area contributed by atoms with Crippen LogP contribution in [0.3, 0.4) is 0 Å². The molecule has 0 radical (unpaired) electrons. The van der Waals surface area contributed by atoms with Crippen LogP contribution < -0.4 is 10.5 Å². The van der Waals surface area contributed by atoms with Gasteiger partial charge in [0, 0.05) is 23.0 Å². The second-order valence-corrected chi connectivity index (χ2v) is 7.95. The molecule has 20 heavy (non-hydrogen) atoms. The third-order valence-electron chi connectivity index (χ3n) is 4.09. The van der Waals surface area contributed by atoms with E-state index in [1.165, 1.54) is 0 Å². The Bertz CT molecular complexity index is 590. The Hall–Kier alpha value is -0.470. The highest BCUT2D eigenvalue weighted by Gasteiger charge is 2.51. The van der Waals surface area contributed by atoms with Gasteiger partial charge in [0.1, 0.15) is 0 Å². The molecule has 2 fully saturated rings. The van der Waals surface area contributed by atoms with Crippen molar-refractivity contribution >= 4 is 26.0 Å². The quantitative estimate of drug-likeness (QED) is 0.849. The number of hydrogen-bond acceptors (Lipinski definition) is 4. The zero-order valence-electron chi connectivity index (χ0n) is 10.8. The molecule has 3 N–H and O–H groups in total. The number of nitrogens with two attached hydrogens (primary N) is 1. The van der Waals surface area contributed by atoms with Crippen LogP contribution in [0, 0.1) is 5.92 Å². The SMILES string of the molecule is NC1C2CCCOC2C1NS(=O)(=O)c1ccc(Br)cc1.